The van der Waals surface area contributed by atoms with E-state index in [4.69, 9.17) is 33.7 Å². The van der Waals surface area contributed by atoms with E-state index < -0.39 is 0 Å². The summed E-state index contributed by atoms with van der Waals surface area (Å²) in [7, 11) is 0. The first-order chi connectivity index (χ1) is 9.11. The minimum atomic E-state index is -0.222. The van der Waals surface area contributed by atoms with Crippen LogP contribution >= 0.6 is 23.2 Å². The van der Waals surface area contributed by atoms with Crippen LogP contribution in [0.4, 0.5) is 0 Å². The molecule has 0 amide bonds. The highest BCUT2D eigenvalue weighted by Crippen LogP contribution is 2.31. The maximum atomic E-state index is 6.11. The average molecular weight is 296 g/mol. The van der Waals surface area contributed by atoms with Crippen molar-refractivity contribution in [2.45, 2.75) is 13.0 Å². The lowest BCUT2D eigenvalue weighted by molar-refractivity contribution is 0.213. The van der Waals surface area contributed by atoms with Crippen molar-refractivity contribution in [3.8, 4) is 5.75 Å². The number of aryl methyl sites for hydroxylation is 1. The smallest absolute Gasteiger partial charge is 0.139 e. The quantitative estimate of drug-likeness (QED) is 0.908. The fraction of sp³-hybridized carbons (Fsp3) is 0.200. The van der Waals surface area contributed by atoms with Gasteiger partial charge in [0.25, 0.3) is 0 Å². The van der Waals surface area contributed by atoms with E-state index in [2.05, 4.69) is 0 Å². The average Bonchev–Trinajstić information content (AvgIpc) is 2.39. The van der Waals surface area contributed by atoms with Crippen molar-refractivity contribution in [1.29, 1.82) is 0 Å². The highest BCUT2D eigenvalue weighted by atomic mass is 35.5. The molecule has 0 saturated carbocycles. The van der Waals surface area contributed by atoms with Crippen LogP contribution in [0.15, 0.2) is 42.5 Å². The van der Waals surface area contributed by atoms with Gasteiger partial charge in [-0.1, -0.05) is 47.5 Å². The second kappa shape index (κ2) is 6.29. The zero-order valence-electron chi connectivity index (χ0n) is 10.6. The standard InChI is InChI=1S/C15H15Cl2NO/c1-10-4-2-3-5-12(10)15(9-18)19-14-7-6-11(16)8-13(14)17/h2-8,15H,9,18H2,1H3. The van der Waals surface area contributed by atoms with Crippen LogP contribution in [-0.2, 0) is 0 Å². The van der Waals surface area contributed by atoms with Gasteiger partial charge in [0.2, 0.25) is 0 Å². The van der Waals surface area contributed by atoms with Gasteiger partial charge in [-0.05, 0) is 36.2 Å². The molecular formula is C15H15Cl2NO. The maximum absolute atomic E-state index is 6.11. The number of nitrogens with two attached hydrogens (primary N) is 1. The molecule has 1 unspecified atom stereocenters. The molecule has 100 valence electrons. The largest absolute Gasteiger partial charge is 0.483 e. The summed E-state index contributed by atoms with van der Waals surface area (Å²) in [5.74, 6) is 0.588. The molecule has 0 aliphatic rings. The summed E-state index contributed by atoms with van der Waals surface area (Å²) >= 11 is 12.0. The molecule has 2 nitrogen and oxygen atoms in total. The van der Waals surface area contributed by atoms with Crippen LogP contribution in [0.1, 0.15) is 17.2 Å². The van der Waals surface area contributed by atoms with E-state index in [0.29, 0.717) is 22.3 Å². The fourth-order valence-corrected chi connectivity index (χ4v) is 2.36. The summed E-state index contributed by atoms with van der Waals surface area (Å²) < 4.78 is 5.90. The Balaban J connectivity index is 2.27. The second-order valence-corrected chi connectivity index (χ2v) is 5.12. The van der Waals surface area contributed by atoms with Crippen molar-refractivity contribution in [2.24, 2.45) is 5.73 Å². The Bertz CT molecular complexity index is 572. The molecular weight excluding hydrogens is 281 g/mol. The van der Waals surface area contributed by atoms with Crippen LogP contribution < -0.4 is 10.5 Å². The number of hydrogen-bond acceptors (Lipinski definition) is 2. The van der Waals surface area contributed by atoms with Gasteiger partial charge in [0.15, 0.2) is 0 Å². The van der Waals surface area contributed by atoms with Crippen LogP contribution in [0.5, 0.6) is 5.75 Å². The van der Waals surface area contributed by atoms with Crippen molar-refractivity contribution in [2.75, 3.05) is 6.54 Å². The van der Waals surface area contributed by atoms with Crippen molar-refractivity contribution in [1.82, 2.24) is 0 Å². The maximum Gasteiger partial charge on any atom is 0.139 e. The number of ether oxygens (including phenoxy) is 1. The molecule has 0 radical (unpaired) electrons. The van der Waals surface area contributed by atoms with Gasteiger partial charge in [0, 0.05) is 11.6 Å². The predicted molar refractivity (Wildman–Crippen MR) is 80.1 cm³/mol. The number of halogens is 2. The van der Waals surface area contributed by atoms with Gasteiger partial charge in [-0.3, -0.25) is 0 Å². The van der Waals surface area contributed by atoms with E-state index >= 15 is 0 Å². The highest BCUT2D eigenvalue weighted by molar-refractivity contribution is 6.35. The summed E-state index contributed by atoms with van der Waals surface area (Å²) in [6.45, 7) is 2.41. The summed E-state index contributed by atoms with van der Waals surface area (Å²) in [5, 5.41) is 1.07. The van der Waals surface area contributed by atoms with Crippen molar-refractivity contribution >= 4 is 23.2 Å². The van der Waals surface area contributed by atoms with E-state index in [1.165, 1.54) is 0 Å². The molecule has 2 rings (SSSR count). The molecule has 0 bridgehead atoms. The third kappa shape index (κ3) is 3.41. The lowest BCUT2D eigenvalue weighted by Crippen LogP contribution is -2.19. The van der Waals surface area contributed by atoms with E-state index in [1.807, 2.05) is 31.2 Å². The van der Waals surface area contributed by atoms with Gasteiger partial charge in [0.05, 0.1) is 5.02 Å². The van der Waals surface area contributed by atoms with Crippen molar-refractivity contribution in [3.63, 3.8) is 0 Å². The molecule has 0 heterocycles. The van der Waals surface area contributed by atoms with Gasteiger partial charge in [-0.25, -0.2) is 0 Å². The first-order valence-electron chi connectivity index (χ1n) is 5.99. The van der Waals surface area contributed by atoms with Gasteiger partial charge in [0.1, 0.15) is 11.9 Å². The minimum absolute atomic E-state index is 0.222. The lowest BCUT2D eigenvalue weighted by Gasteiger charge is -2.20. The Morgan fingerprint density at radius 2 is 1.89 bits per heavy atom. The topological polar surface area (TPSA) is 35.2 Å². The minimum Gasteiger partial charge on any atom is -0.483 e. The SMILES string of the molecule is Cc1ccccc1C(CN)Oc1ccc(Cl)cc1Cl. The summed E-state index contributed by atoms with van der Waals surface area (Å²) in [5.41, 5.74) is 8.01. The molecule has 0 fully saturated rings. The predicted octanol–water partition coefficient (Wildman–Crippen LogP) is 4.38. The van der Waals surface area contributed by atoms with Crippen LogP contribution in [0, 0.1) is 6.92 Å². The zero-order valence-corrected chi connectivity index (χ0v) is 12.1. The van der Waals surface area contributed by atoms with Crippen LogP contribution in [-0.4, -0.2) is 6.54 Å². The molecule has 1 atom stereocenters. The summed E-state index contributed by atoms with van der Waals surface area (Å²) in [6, 6.07) is 13.2. The normalized spacial score (nSPS) is 12.2. The van der Waals surface area contributed by atoms with E-state index in [1.54, 1.807) is 18.2 Å². The van der Waals surface area contributed by atoms with Gasteiger partial charge in [-0.15, -0.1) is 0 Å². The Kier molecular flexibility index (Phi) is 4.70. The Morgan fingerprint density at radius 1 is 1.16 bits per heavy atom. The zero-order chi connectivity index (χ0) is 13.8. The first kappa shape index (κ1) is 14.2. The first-order valence-corrected chi connectivity index (χ1v) is 6.74. The molecule has 19 heavy (non-hydrogen) atoms. The summed E-state index contributed by atoms with van der Waals surface area (Å²) in [6.07, 6.45) is -0.222. The molecule has 2 aromatic carbocycles. The molecule has 2 N–H and O–H groups in total. The monoisotopic (exact) mass is 295 g/mol. The highest BCUT2D eigenvalue weighted by Gasteiger charge is 2.15. The molecule has 0 aliphatic carbocycles. The van der Waals surface area contributed by atoms with Gasteiger partial charge < -0.3 is 10.5 Å². The van der Waals surface area contributed by atoms with Crippen molar-refractivity contribution < 1.29 is 4.74 Å². The van der Waals surface area contributed by atoms with E-state index in [9.17, 15) is 0 Å². The van der Waals surface area contributed by atoms with E-state index in [-0.39, 0.29) is 6.10 Å². The number of hydrogen-bond donors (Lipinski definition) is 1. The van der Waals surface area contributed by atoms with Crippen LogP contribution in [0.3, 0.4) is 0 Å². The summed E-state index contributed by atoms with van der Waals surface area (Å²) in [4.78, 5) is 0. The lowest BCUT2D eigenvalue weighted by atomic mass is 10.0. The molecule has 2 aromatic rings. The molecule has 0 saturated heterocycles. The van der Waals surface area contributed by atoms with Crippen molar-refractivity contribution in [3.05, 3.63) is 63.6 Å². The fourth-order valence-electron chi connectivity index (χ4n) is 1.91. The Morgan fingerprint density at radius 3 is 2.53 bits per heavy atom. The number of benzene rings is 2. The third-order valence-electron chi connectivity index (χ3n) is 2.91. The van der Waals surface area contributed by atoms with Gasteiger partial charge in [-0.2, -0.15) is 0 Å². The molecule has 4 heteroatoms. The molecule has 0 spiro atoms. The Hall–Kier alpha value is -1.22. The van der Waals surface area contributed by atoms with E-state index in [0.717, 1.165) is 11.1 Å². The molecule has 0 aliphatic heterocycles. The van der Waals surface area contributed by atoms with Crippen LogP contribution in [0.25, 0.3) is 0 Å². The third-order valence-corrected chi connectivity index (χ3v) is 3.44. The van der Waals surface area contributed by atoms with Gasteiger partial charge >= 0.3 is 0 Å². The second-order valence-electron chi connectivity index (χ2n) is 4.27. The number of rotatable bonds is 4. The van der Waals surface area contributed by atoms with Crippen LogP contribution in [0.2, 0.25) is 10.0 Å². The molecule has 0 aromatic heterocycles. The Labute approximate surface area is 123 Å².